The minimum absolute atomic E-state index is 0. The van der Waals surface area contributed by atoms with Gasteiger partial charge in [0.25, 0.3) is 0 Å². The van der Waals surface area contributed by atoms with Crippen molar-refractivity contribution in [3.8, 4) is 0 Å². The van der Waals surface area contributed by atoms with Crippen LogP contribution in [-0.2, 0) is 10.2 Å². The summed E-state index contributed by atoms with van der Waals surface area (Å²) in [5.41, 5.74) is 1.32. The highest BCUT2D eigenvalue weighted by Crippen LogP contribution is 2.22. The van der Waals surface area contributed by atoms with Crippen molar-refractivity contribution < 1.29 is 4.74 Å². The number of rotatable bonds is 7. The van der Waals surface area contributed by atoms with Gasteiger partial charge in [0.2, 0.25) is 0 Å². The molecular formula is C16H28IN3O. The van der Waals surface area contributed by atoms with E-state index in [0.717, 1.165) is 25.6 Å². The Labute approximate surface area is 145 Å². The molecule has 5 heteroatoms. The highest BCUT2D eigenvalue weighted by molar-refractivity contribution is 14.0. The summed E-state index contributed by atoms with van der Waals surface area (Å²) in [6.45, 7) is 9.51. The van der Waals surface area contributed by atoms with E-state index in [1.807, 2.05) is 6.07 Å². The maximum atomic E-state index is 5.04. The first kappa shape index (κ1) is 20.2. The van der Waals surface area contributed by atoms with Gasteiger partial charge < -0.3 is 15.4 Å². The van der Waals surface area contributed by atoms with E-state index in [2.05, 4.69) is 60.7 Å². The highest BCUT2D eigenvalue weighted by atomic mass is 127. The molecule has 0 unspecified atom stereocenters. The number of ether oxygens (including phenoxy) is 1. The van der Waals surface area contributed by atoms with Gasteiger partial charge in [-0.05, 0) is 12.5 Å². The van der Waals surface area contributed by atoms with E-state index in [4.69, 9.17) is 4.74 Å². The Bertz CT molecular complexity index is 407. The van der Waals surface area contributed by atoms with E-state index < -0.39 is 0 Å². The third-order valence-corrected chi connectivity index (χ3v) is 3.13. The molecule has 0 bridgehead atoms. The Hall–Kier alpha value is -0.820. The molecule has 0 radical (unpaired) electrons. The fourth-order valence-electron chi connectivity index (χ4n) is 1.87. The summed E-state index contributed by atoms with van der Waals surface area (Å²) in [5, 5.41) is 6.51. The molecular weight excluding hydrogens is 377 g/mol. The Morgan fingerprint density at radius 2 is 1.86 bits per heavy atom. The molecule has 21 heavy (non-hydrogen) atoms. The van der Waals surface area contributed by atoms with E-state index >= 15 is 0 Å². The molecule has 0 aromatic heterocycles. The molecule has 0 heterocycles. The number of benzene rings is 1. The summed E-state index contributed by atoms with van der Waals surface area (Å²) in [6.07, 6.45) is 0. The highest BCUT2D eigenvalue weighted by Gasteiger charge is 2.19. The maximum absolute atomic E-state index is 5.04. The number of methoxy groups -OCH3 is 1. The first-order chi connectivity index (χ1) is 9.60. The van der Waals surface area contributed by atoms with E-state index in [1.54, 1.807) is 7.11 Å². The molecule has 1 aromatic carbocycles. The van der Waals surface area contributed by atoms with Crippen molar-refractivity contribution in [2.45, 2.75) is 26.2 Å². The van der Waals surface area contributed by atoms with Crippen LogP contribution in [0.5, 0.6) is 0 Å². The SMILES string of the molecule is CCNC(=NCC(C)(C)c1ccccc1)NCCOC.I. The van der Waals surface area contributed by atoms with E-state index in [-0.39, 0.29) is 29.4 Å². The summed E-state index contributed by atoms with van der Waals surface area (Å²) in [5.74, 6) is 0.841. The number of nitrogens with one attached hydrogen (secondary N) is 2. The zero-order chi connectivity index (χ0) is 14.8. The number of guanidine groups is 1. The Balaban J connectivity index is 0.00000400. The van der Waals surface area contributed by atoms with Crippen molar-refractivity contribution in [1.29, 1.82) is 0 Å². The Kier molecular flexibility index (Phi) is 10.4. The molecule has 0 saturated heterocycles. The predicted octanol–water partition coefficient (Wildman–Crippen LogP) is 2.78. The van der Waals surface area contributed by atoms with Crippen LogP contribution in [0, 0.1) is 0 Å². The van der Waals surface area contributed by atoms with Gasteiger partial charge in [-0.3, -0.25) is 4.99 Å². The van der Waals surface area contributed by atoms with E-state index in [1.165, 1.54) is 5.56 Å². The van der Waals surface area contributed by atoms with Gasteiger partial charge in [0, 0.05) is 25.6 Å². The third-order valence-electron chi connectivity index (χ3n) is 3.13. The molecule has 120 valence electrons. The molecule has 1 rings (SSSR count). The summed E-state index contributed by atoms with van der Waals surface area (Å²) >= 11 is 0. The Morgan fingerprint density at radius 1 is 1.19 bits per heavy atom. The summed E-state index contributed by atoms with van der Waals surface area (Å²) in [4.78, 5) is 4.67. The molecule has 0 spiro atoms. The molecule has 0 fully saturated rings. The molecule has 0 atom stereocenters. The van der Waals surface area contributed by atoms with Crippen LogP contribution < -0.4 is 10.6 Å². The summed E-state index contributed by atoms with van der Waals surface area (Å²) < 4.78 is 5.04. The molecule has 0 aliphatic carbocycles. The quantitative estimate of drug-likeness (QED) is 0.318. The fourth-order valence-corrected chi connectivity index (χ4v) is 1.87. The first-order valence-electron chi connectivity index (χ1n) is 7.17. The fraction of sp³-hybridized carbons (Fsp3) is 0.562. The van der Waals surface area contributed by atoms with Crippen LogP contribution in [0.1, 0.15) is 26.3 Å². The average molecular weight is 405 g/mol. The van der Waals surface area contributed by atoms with Gasteiger partial charge >= 0.3 is 0 Å². The third kappa shape index (κ3) is 7.66. The number of nitrogens with zero attached hydrogens (tertiary/aromatic N) is 1. The predicted molar refractivity (Wildman–Crippen MR) is 101 cm³/mol. The van der Waals surface area contributed by atoms with Crippen molar-refractivity contribution in [1.82, 2.24) is 10.6 Å². The van der Waals surface area contributed by atoms with Crippen LogP contribution in [0.3, 0.4) is 0 Å². The lowest BCUT2D eigenvalue weighted by atomic mass is 9.85. The van der Waals surface area contributed by atoms with Crippen LogP contribution >= 0.6 is 24.0 Å². The van der Waals surface area contributed by atoms with Gasteiger partial charge in [-0.15, -0.1) is 24.0 Å². The van der Waals surface area contributed by atoms with Crippen molar-refractivity contribution >= 4 is 29.9 Å². The zero-order valence-electron chi connectivity index (χ0n) is 13.5. The van der Waals surface area contributed by atoms with Crippen LogP contribution in [0.4, 0.5) is 0 Å². The van der Waals surface area contributed by atoms with Gasteiger partial charge in [-0.25, -0.2) is 0 Å². The minimum Gasteiger partial charge on any atom is -0.383 e. The van der Waals surface area contributed by atoms with Crippen molar-refractivity contribution in [3.63, 3.8) is 0 Å². The molecule has 2 N–H and O–H groups in total. The topological polar surface area (TPSA) is 45.7 Å². The Morgan fingerprint density at radius 3 is 2.43 bits per heavy atom. The number of halogens is 1. The van der Waals surface area contributed by atoms with Crippen LogP contribution in [-0.4, -0.2) is 39.3 Å². The lowest BCUT2D eigenvalue weighted by Gasteiger charge is -2.23. The minimum atomic E-state index is 0. The molecule has 0 saturated carbocycles. The second-order valence-corrected chi connectivity index (χ2v) is 5.36. The normalized spacial score (nSPS) is 11.7. The van der Waals surface area contributed by atoms with Gasteiger partial charge in [-0.1, -0.05) is 44.2 Å². The molecule has 0 amide bonds. The van der Waals surface area contributed by atoms with Crippen LogP contribution in [0.15, 0.2) is 35.3 Å². The van der Waals surface area contributed by atoms with Crippen molar-refractivity contribution in [2.75, 3.05) is 33.4 Å². The maximum Gasteiger partial charge on any atom is 0.191 e. The number of hydrogen-bond donors (Lipinski definition) is 2. The monoisotopic (exact) mass is 405 g/mol. The lowest BCUT2D eigenvalue weighted by Crippen LogP contribution is -2.40. The standard InChI is InChI=1S/C16H27N3O.HI/c1-5-17-15(18-11-12-20-4)19-13-16(2,3)14-9-7-6-8-10-14;/h6-10H,5,11-13H2,1-4H3,(H2,17,18,19);1H. The van der Waals surface area contributed by atoms with Crippen molar-refractivity contribution in [3.05, 3.63) is 35.9 Å². The average Bonchev–Trinajstić information content (AvgIpc) is 2.46. The summed E-state index contributed by atoms with van der Waals surface area (Å²) in [6, 6.07) is 10.5. The van der Waals surface area contributed by atoms with Crippen molar-refractivity contribution in [2.24, 2.45) is 4.99 Å². The molecule has 1 aromatic rings. The molecule has 0 aliphatic rings. The van der Waals surface area contributed by atoms with E-state index in [0.29, 0.717) is 6.61 Å². The smallest absolute Gasteiger partial charge is 0.191 e. The first-order valence-corrected chi connectivity index (χ1v) is 7.17. The lowest BCUT2D eigenvalue weighted by molar-refractivity contribution is 0.203. The van der Waals surface area contributed by atoms with Gasteiger partial charge in [0.05, 0.1) is 13.2 Å². The zero-order valence-corrected chi connectivity index (χ0v) is 15.8. The van der Waals surface area contributed by atoms with Gasteiger partial charge in [0.15, 0.2) is 5.96 Å². The largest absolute Gasteiger partial charge is 0.383 e. The summed E-state index contributed by atoms with van der Waals surface area (Å²) in [7, 11) is 1.70. The molecule has 0 aliphatic heterocycles. The van der Waals surface area contributed by atoms with Gasteiger partial charge in [0.1, 0.15) is 0 Å². The molecule has 4 nitrogen and oxygen atoms in total. The second kappa shape index (κ2) is 10.8. The number of aliphatic imine (C=N–C) groups is 1. The van der Waals surface area contributed by atoms with Crippen LogP contribution in [0.2, 0.25) is 0 Å². The van der Waals surface area contributed by atoms with Gasteiger partial charge in [-0.2, -0.15) is 0 Å². The second-order valence-electron chi connectivity index (χ2n) is 5.36. The van der Waals surface area contributed by atoms with E-state index in [9.17, 15) is 0 Å². The number of hydrogen-bond acceptors (Lipinski definition) is 2. The van der Waals surface area contributed by atoms with Crippen LogP contribution in [0.25, 0.3) is 0 Å².